The highest BCUT2D eigenvalue weighted by molar-refractivity contribution is 5.93. The van der Waals surface area contributed by atoms with E-state index in [0.717, 1.165) is 38.2 Å². The molecule has 1 saturated heterocycles. The molecule has 0 aromatic carbocycles. The Labute approximate surface area is 148 Å². The van der Waals surface area contributed by atoms with Crippen LogP contribution in [-0.2, 0) is 6.42 Å². The molecule has 1 aliphatic heterocycles. The Morgan fingerprint density at radius 2 is 1.76 bits per heavy atom. The largest absolute Gasteiger partial charge is 0.341 e. The van der Waals surface area contributed by atoms with Crippen LogP contribution in [0.25, 0.3) is 0 Å². The molecule has 0 atom stereocenters. The fourth-order valence-corrected chi connectivity index (χ4v) is 2.77. The van der Waals surface area contributed by atoms with Crippen LogP contribution in [0.3, 0.4) is 0 Å². The third-order valence-corrected chi connectivity index (χ3v) is 4.50. The number of amides is 1. The molecule has 1 amide bonds. The van der Waals surface area contributed by atoms with E-state index in [0.29, 0.717) is 18.1 Å². The lowest BCUT2D eigenvalue weighted by Crippen LogP contribution is -2.45. The van der Waals surface area contributed by atoms with Gasteiger partial charge in [0.1, 0.15) is 0 Å². The number of carbonyl (C=O) groups excluding carboxylic acids is 1. The van der Waals surface area contributed by atoms with Gasteiger partial charge in [0.15, 0.2) is 0 Å². The summed E-state index contributed by atoms with van der Waals surface area (Å²) in [5.74, 6) is 0.642. The van der Waals surface area contributed by atoms with E-state index in [1.54, 1.807) is 36.7 Å². The molecule has 25 heavy (non-hydrogen) atoms. The van der Waals surface area contributed by atoms with Crippen LogP contribution in [0.5, 0.6) is 0 Å². The van der Waals surface area contributed by atoms with Crippen LogP contribution in [0.1, 0.15) is 15.9 Å². The normalized spacial score (nSPS) is 15.2. The lowest BCUT2D eigenvalue weighted by molar-refractivity contribution is 0.0796. The fraction of sp³-hybridized carbons (Fsp3) is 0.444. The van der Waals surface area contributed by atoms with Gasteiger partial charge in [-0.25, -0.2) is 9.97 Å². The molecule has 0 spiro atoms. The molecule has 0 aliphatic carbocycles. The van der Waals surface area contributed by atoms with Crippen molar-refractivity contribution in [2.75, 3.05) is 51.7 Å². The van der Waals surface area contributed by atoms with E-state index in [2.05, 4.69) is 31.8 Å². The van der Waals surface area contributed by atoms with Gasteiger partial charge in [-0.2, -0.15) is 0 Å². The van der Waals surface area contributed by atoms with Crippen molar-refractivity contribution in [2.24, 2.45) is 0 Å². The molecule has 1 fully saturated rings. The summed E-state index contributed by atoms with van der Waals surface area (Å²) in [5, 5.41) is 0. The Bertz CT molecular complexity index is 682. The first-order valence-electron chi connectivity index (χ1n) is 8.53. The maximum atomic E-state index is 12.5. The smallest absolute Gasteiger partial charge is 0.256 e. The summed E-state index contributed by atoms with van der Waals surface area (Å²) in [6.45, 7) is 4.47. The standard InChI is InChI=1S/C18H24N6O/c1-22-9-11-24(12-10-22)18-20-13-16(14-21-18)17(25)23(2)8-5-15-3-6-19-7-4-15/h3-4,6-7,13-14H,5,8-12H2,1-2H3. The molecule has 1 aliphatic rings. The number of carbonyl (C=O) groups is 1. The van der Waals surface area contributed by atoms with Gasteiger partial charge in [0, 0.05) is 64.6 Å². The number of pyridine rings is 1. The predicted octanol–water partition coefficient (Wildman–Crippen LogP) is 0.938. The molecular formula is C18H24N6O. The van der Waals surface area contributed by atoms with E-state index in [1.165, 1.54) is 0 Å². The first kappa shape index (κ1) is 17.3. The number of rotatable bonds is 5. The van der Waals surface area contributed by atoms with Crippen LogP contribution in [0.2, 0.25) is 0 Å². The van der Waals surface area contributed by atoms with Gasteiger partial charge in [-0.05, 0) is 31.2 Å². The summed E-state index contributed by atoms with van der Waals surface area (Å²) < 4.78 is 0. The third kappa shape index (κ3) is 4.51. The molecule has 0 N–H and O–H groups in total. The summed E-state index contributed by atoms with van der Waals surface area (Å²) in [7, 11) is 3.92. The number of likely N-dealkylation sites (N-methyl/N-ethyl adjacent to an activating group) is 2. The first-order valence-corrected chi connectivity index (χ1v) is 8.53. The van der Waals surface area contributed by atoms with Crippen molar-refractivity contribution in [2.45, 2.75) is 6.42 Å². The van der Waals surface area contributed by atoms with Crippen LogP contribution < -0.4 is 4.90 Å². The van der Waals surface area contributed by atoms with Gasteiger partial charge < -0.3 is 14.7 Å². The topological polar surface area (TPSA) is 65.5 Å². The quantitative estimate of drug-likeness (QED) is 0.807. The average Bonchev–Trinajstić information content (AvgIpc) is 2.67. The van der Waals surface area contributed by atoms with Crippen LogP contribution in [0, 0.1) is 0 Å². The van der Waals surface area contributed by atoms with Gasteiger partial charge in [-0.1, -0.05) is 0 Å². The van der Waals surface area contributed by atoms with Crippen molar-refractivity contribution in [3.05, 3.63) is 48.0 Å². The van der Waals surface area contributed by atoms with Gasteiger partial charge in [-0.15, -0.1) is 0 Å². The van der Waals surface area contributed by atoms with Crippen molar-refractivity contribution < 1.29 is 4.79 Å². The molecule has 0 radical (unpaired) electrons. The van der Waals surface area contributed by atoms with Crippen LogP contribution in [-0.4, -0.2) is 77.5 Å². The molecule has 0 bridgehead atoms. The van der Waals surface area contributed by atoms with Crippen LogP contribution >= 0.6 is 0 Å². The molecular weight excluding hydrogens is 316 g/mol. The summed E-state index contributed by atoms with van der Waals surface area (Å²) in [6, 6.07) is 3.93. The summed E-state index contributed by atoms with van der Waals surface area (Å²) in [6.07, 6.45) is 7.59. The van der Waals surface area contributed by atoms with E-state index in [1.807, 2.05) is 12.1 Å². The highest BCUT2D eigenvalue weighted by Gasteiger charge is 2.18. The van der Waals surface area contributed by atoms with Gasteiger partial charge in [0.2, 0.25) is 5.95 Å². The Morgan fingerprint density at radius 3 is 2.40 bits per heavy atom. The second kappa shape index (κ2) is 8.02. The minimum Gasteiger partial charge on any atom is -0.341 e. The molecule has 2 aromatic heterocycles. The van der Waals surface area contributed by atoms with Crippen LogP contribution in [0.15, 0.2) is 36.9 Å². The number of aromatic nitrogens is 3. The van der Waals surface area contributed by atoms with Crippen LogP contribution in [0.4, 0.5) is 5.95 Å². The van der Waals surface area contributed by atoms with E-state index >= 15 is 0 Å². The van der Waals surface area contributed by atoms with Gasteiger partial charge in [-0.3, -0.25) is 9.78 Å². The van der Waals surface area contributed by atoms with E-state index in [4.69, 9.17) is 0 Å². The molecule has 3 heterocycles. The zero-order valence-electron chi connectivity index (χ0n) is 14.8. The molecule has 132 valence electrons. The highest BCUT2D eigenvalue weighted by Crippen LogP contribution is 2.11. The second-order valence-corrected chi connectivity index (χ2v) is 6.39. The Balaban J connectivity index is 1.56. The van der Waals surface area contributed by atoms with E-state index < -0.39 is 0 Å². The first-order chi connectivity index (χ1) is 12.1. The van der Waals surface area contributed by atoms with Crippen molar-refractivity contribution in [1.29, 1.82) is 0 Å². The maximum Gasteiger partial charge on any atom is 0.256 e. The van der Waals surface area contributed by atoms with Crippen molar-refractivity contribution >= 4 is 11.9 Å². The Hall–Kier alpha value is -2.54. The average molecular weight is 340 g/mol. The molecule has 7 heteroatoms. The van der Waals surface area contributed by atoms with Crippen molar-refractivity contribution in [3.8, 4) is 0 Å². The zero-order valence-corrected chi connectivity index (χ0v) is 14.8. The van der Waals surface area contributed by atoms with E-state index in [9.17, 15) is 4.79 Å². The number of nitrogens with zero attached hydrogens (tertiary/aromatic N) is 6. The van der Waals surface area contributed by atoms with Crippen molar-refractivity contribution in [1.82, 2.24) is 24.8 Å². The monoisotopic (exact) mass is 340 g/mol. The van der Waals surface area contributed by atoms with E-state index in [-0.39, 0.29) is 5.91 Å². The number of hydrogen-bond acceptors (Lipinski definition) is 6. The third-order valence-electron chi connectivity index (χ3n) is 4.50. The zero-order chi connectivity index (χ0) is 17.6. The number of piperazine rings is 1. The number of hydrogen-bond donors (Lipinski definition) is 0. The fourth-order valence-electron chi connectivity index (χ4n) is 2.77. The lowest BCUT2D eigenvalue weighted by atomic mass is 10.2. The minimum absolute atomic E-state index is 0.0565. The highest BCUT2D eigenvalue weighted by atomic mass is 16.2. The SMILES string of the molecule is CN1CCN(c2ncc(C(=O)N(C)CCc3ccncc3)cn2)CC1. The van der Waals surface area contributed by atoms with Gasteiger partial charge in [0.25, 0.3) is 5.91 Å². The molecule has 0 saturated carbocycles. The molecule has 0 unspecified atom stereocenters. The molecule has 7 nitrogen and oxygen atoms in total. The molecule has 3 rings (SSSR count). The Kier molecular flexibility index (Phi) is 5.55. The van der Waals surface area contributed by atoms with Gasteiger partial charge in [0.05, 0.1) is 5.56 Å². The minimum atomic E-state index is -0.0565. The van der Waals surface area contributed by atoms with Crippen molar-refractivity contribution in [3.63, 3.8) is 0 Å². The maximum absolute atomic E-state index is 12.5. The van der Waals surface area contributed by atoms with Gasteiger partial charge >= 0.3 is 0 Å². The molecule has 2 aromatic rings. The lowest BCUT2D eigenvalue weighted by Gasteiger charge is -2.32. The summed E-state index contributed by atoms with van der Waals surface area (Å²) in [4.78, 5) is 31.4. The summed E-state index contributed by atoms with van der Waals surface area (Å²) >= 11 is 0. The summed E-state index contributed by atoms with van der Waals surface area (Å²) in [5.41, 5.74) is 1.69. The predicted molar refractivity (Wildman–Crippen MR) is 96.6 cm³/mol. The second-order valence-electron chi connectivity index (χ2n) is 6.39. The number of anilines is 1. The Morgan fingerprint density at radius 1 is 1.12 bits per heavy atom.